The number of hydrogen-bond acceptors (Lipinski definition) is 4. The number of halogens is 2. The van der Waals surface area contributed by atoms with Gasteiger partial charge in [-0.1, -0.05) is 35.7 Å². The Hall–Kier alpha value is -2.08. The lowest BCUT2D eigenvalue weighted by Gasteiger charge is -2.03. The van der Waals surface area contributed by atoms with Gasteiger partial charge < -0.3 is 9.40 Å². The highest BCUT2D eigenvalue weighted by Crippen LogP contribution is 2.37. The van der Waals surface area contributed by atoms with Crippen molar-refractivity contribution >= 4 is 44.8 Å². The lowest BCUT2D eigenvalue weighted by atomic mass is 10.1. The predicted molar refractivity (Wildman–Crippen MR) is 115 cm³/mol. The van der Waals surface area contributed by atoms with E-state index in [1.807, 2.05) is 12.1 Å². The summed E-state index contributed by atoms with van der Waals surface area (Å²) in [6, 6.07) is 8.98. The fraction of sp³-hybridized carbons (Fsp3) is 0.238. The van der Waals surface area contributed by atoms with Crippen LogP contribution in [0.15, 0.2) is 39.5 Å². The SMILES string of the molecule is O=c1[nH]c(-c2ccc(-c3cccc(Cl)c3Cl)o2)nc2sc3c(c12)CCCCC3. The Kier molecular flexibility index (Phi) is 4.54. The van der Waals surface area contributed by atoms with E-state index in [1.54, 1.807) is 29.5 Å². The Bertz CT molecular complexity index is 1260. The third kappa shape index (κ3) is 2.98. The molecule has 1 aromatic carbocycles. The Balaban J connectivity index is 1.60. The van der Waals surface area contributed by atoms with E-state index in [4.69, 9.17) is 32.6 Å². The van der Waals surface area contributed by atoms with E-state index in [9.17, 15) is 4.79 Å². The molecule has 0 radical (unpaired) electrons. The van der Waals surface area contributed by atoms with Gasteiger partial charge in [-0.25, -0.2) is 4.98 Å². The molecule has 0 saturated carbocycles. The Morgan fingerprint density at radius 1 is 1.04 bits per heavy atom. The number of benzene rings is 1. The lowest BCUT2D eigenvalue weighted by Crippen LogP contribution is -2.09. The minimum absolute atomic E-state index is 0.0989. The fourth-order valence-corrected chi connectivity index (χ4v) is 5.42. The van der Waals surface area contributed by atoms with Crippen LogP contribution in [0, 0.1) is 0 Å². The molecule has 0 bridgehead atoms. The molecule has 142 valence electrons. The maximum absolute atomic E-state index is 12.8. The van der Waals surface area contributed by atoms with Crippen LogP contribution in [0.2, 0.25) is 10.0 Å². The smallest absolute Gasteiger partial charge is 0.260 e. The monoisotopic (exact) mass is 430 g/mol. The zero-order valence-corrected chi connectivity index (χ0v) is 17.2. The van der Waals surface area contributed by atoms with Gasteiger partial charge in [0.25, 0.3) is 5.56 Å². The van der Waals surface area contributed by atoms with Crippen molar-refractivity contribution in [1.82, 2.24) is 9.97 Å². The topological polar surface area (TPSA) is 58.9 Å². The van der Waals surface area contributed by atoms with Gasteiger partial charge >= 0.3 is 0 Å². The van der Waals surface area contributed by atoms with Gasteiger partial charge in [0.1, 0.15) is 10.6 Å². The summed E-state index contributed by atoms with van der Waals surface area (Å²) in [5.74, 6) is 1.50. The molecule has 0 unspecified atom stereocenters. The van der Waals surface area contributed by atoms with Gasteiger partial charge in [0.2, 0.25) is 0 Å². The van der Waals surface area contributed by atoms with Crippen molar-refractivity contribution in [2.45, 2.75) is 32.1 Å². The van der Waals surface area contributed by atoms with Crippen LogP contribution in [0.5, 0.6) is 0 Å². The lowest BCUT2D eigenvalue weighted by molar-refractivity contribution is 0.592. The van der Waals surface area contributed by atoms with Crippen molar-refractivity contribution in [1.29, 1.82) is 0 Å². The first-order valence-electron chi connectivity index (χ1n) is 9.21. The van der Waals surface area contributed by atoms with Crippen LogP contribution in [0.4, 0.5) is 0 Å². The molecule has 0 atom stereocenters. The summed E-state index contributed by atoms with van der Waals surface area (Å²) in [7, 11) is 0. The van der Waals surface area contributed by atoms with Crippen molar-refractivity contribution in [3.8, 4) is 22.9 Å². The minimum Gasteiger partial charge on any atom is -0.453 e. The molecule has 3 aromatic heterocycles. The van der Waals surface area contributed by atoms with Crippen molar-refractivity contribution in [3.05, 3.63) is 61.2 Å². The van der Waals surface area contributed by atoms with Gasteiger partial charge in [0.05, 0.1) is 15.4 Å². The molecule has 1 N–H and O–H groups in total. The van der Waals surface area contributed by atoms with Crippen LogP contribution < -0.4 is 5.56 Å². The average Bonchev–Trinajstić information content (AvgIpc) is 3.23. The van der Waals surface area contributed by atoms with Crippen molar-refractivity contribution in [2.75, 3.05) is 0 Å². The van der Waals surface area contributed by atoms with Crippen LogP contribution in [-0.2, 0) is 12.8 Å². The number of fused-ring (bicyclic) bond motifs is 3. The number of thiophene rings is 1. The first-order valence-corrected chi connectivity index (χ1v) is 10.8. The molecule has 1 aliphatic rings. The van der Waals surface area contributed by atoms with Crippen molar-refractivity contribution < 1.29 is 4.42 Å². The highest BCUT2D eigenvalue weighted by molar-refractivity contribution is 7.18. The van der Waals surface area contributed by atoms with E-state index >= 15 is 0 Å². The zero-order valence-electron chi connectivity index (χ0n) is 14.9. The maximum atomic E-state index is 12.8. The third-order valence-electron chi connectivity index (χ3n) is 5.13. The van der Waals surface area contributed by atoms with Gasteiger partial charge in [0, 0.05) is 10.4 Å². The van der Waals surface area contributed by atoms with E-state index in [1.165, 1.54) is 23.3 Å². The molecule has 0 amide bonds. The van der Waals surface area contributed by atoms with Crippen molar-refractivity contribution in [3.63, 3.8) is 0 Å². The molecule has 4 nitrogen and oxygen atoms in total. The van der Waals surface area contributed by atoms with E-state index in [0.717, 1.165) is 29.5 Å². The molecule has 7 heteroatoms. The number of aryl methyl sites for hydroxylation is 2. The van der Waals surface area contributed by atoms with Gasteiger partial charge in [-0.2, -0.15) is 0 Å². The van der Waals surface area contributed by atoms with Gasteiger partial charge in [-0.15, -0.1) is 11.3 Å². The Morgan fingerprint density at radius 3 is 2.75 bits per heavy atom. The third-order valence-corrected chi connectivity index (χ3v) is 7.14. The number of nitrogens with one attached hydrogen (secondary N) is 1. The fourth-order valence-electron chi connectivity index (χ4n) is 3.76. The van der Waals surface area contributed by atoms with Gasteiger partial charge in [-0.05, 0) is 55.5 Å². The molecule has 0 fully saturated rings. The number of hydrogen-bond donors (Lipinski definition) is 1. The van der Waals surface area contributed by atoms with Crippen molar-refractivity contribution in [2.24, 2.45) is 0 Å². The maximum Gasteiger partial charge on any atom is 0.260 e. The molecular weight excluding hydrogens is 415 g/mol. The molecule has 0 spiro atoms. The molecule has 5 rings (SSSR count). The second-order valence-corrected chi connectivity index (χ2v) is 8.79. The van der Waals surface area contributed by atoms with Crippen LogP contribution in [0.25, 0.3) is 33.1 Å². The number of rotatable bonds is 2. The van der Waals surface area contributed by atoms with Crippen LogP contribution in [0.1, 0.15) is 29.7 Å². The molecule has 0 saturated heterocycles. The first kappa shape index (κ1) is 18.0. The van der Waals surface area contributed by atoms with Crippen LogP contribution >= 0.6 is 34.5 Å². The minimum atomic E-state index is -0.0989. The van der Waals surface area contributed by atoms with Gasteiger partial charge in [0.15, 0.2) is 11.6 Å². The largest absolute Gasteiger partial charge is 0.453 e. The molecule has 4 aromatic rings. The van der Waals surface area contributed by atoms with E-state index in [0.29, 0.717) is 33.0 Å². The summed E-state index contributed by atoms with van der Waals surface area (Å²) < 4.78 is 5.95. The summed E-state index contributed by atoms with van der Waals surface area (Å²) in [6.07, 6.45) is 5.50. The highest BCUT2D eigenvalue weighted by Gasteiger charge is 2.20. The number of nitrogens with zero attached hydrogens (tertiary/aromatic N) is 1. The van der Waals surface area contributed by atoms with Gasteiger partial charge in [-0.3, -0.25) is 4.79 Å². The van der Waals surface area contributed by atoms with E-state index < -0.39 is 0 Å². The molecular formula is C21H16Cl2N2O2S. The quantitative estimate of drug-likeness (QED) is 0.369. The number of furan rings is 1. The molecule has 3 heterocycles. The Morgan fingerprint density at radius 2 is 1.86 bits per heavy atom. The standard InChI is InChI=1S/C21H16Cl2N2O2S/c22-13-7-4-6-11(18(13)23)14-9-10-15(27-14)19-24-20(26)17-12-5-2-1-3-8-16(12)28-21(17)25-19/h4,6-7,9-10H,1-3,5,8H2,(H,24,25,26). The Labute approximate surface area is 175 Å². The molecule has 0 aliphatic heterocycles. The number of aromatic amines is 1. The summed E-state index contributed by atoms with van der Waals surface area (Å²) in [6.45, 7) is 0. The second-order valence-electron chi connectivity index (χ2n) is 6.92. The molecule has 1 aliphatic carbocycles. The predicted octanol–water partition coefficient (Wildman–Crippen LogP) is 6.49. The summed E-state index contributed by atoms with van der Waals surface area (Å²) in [4.78, 5) is 22.5. The second kappa shape index (κ2) is 7.07. The number of aromatic nitrogens is 2. The summed E-state index contributed by atoms with van der Waals surface area (Å²) in [5.41, 5.74) is 1.79. The summed E-state index contributed by atoms with van der Waals surface area (Å²) >= 11 is 14.0. The van der Waals surface area contributed by atoms with Crippen LogP contribution in [-0.4, -0.2) is 9.97 Å². The first-order chi connectivity index (χ1) is 13.6. The zero-order chi connectivity index (χ0) is 19.3. The molecule has 28 heavy (non-hydrogen) atoms. The van der Waals surface area contributed by atoms with E-state index in [2.05, 4.69) is 4.98 Å². The normalized spacial score (nSPS) is 14.2. The average molecular weight is 431 g/mol. The van der Waals surface area contributed by atoms with Crippen LogP contribution in [0.3, 0.4) is 0 Å². The highest BCUT2D eigenvalue weighted by atomic mass is 35.5. The number of H-pyrrole nitrogens is 1. The van der Waals surface area contributed by atoms with E-state index in [-0.39, 0.29) is 5.56 Å². The summed E-state index contributed by atoms with van der Waals surface area (Å²) in [5, 5.41) is 1.64.